The van der Waals surface area contributed by atoms with Gasteiger partial charge in [-0.15, -0.1) is 11.8 Å². The Bertz CT molecular complexity index is 41.6. The Balaban J connectivity index is 2.32. The van der Waals surface area contributed by atoms with Crippen LogP contribution in [0.25, 0.3) is 0 Å². The molecular formula is C4H4S. The Morgan fingerprint density at radius 3 is 3.00 bits per heavy atom. The third kappa shape index (κ3) is 0.690. The second-order valence-corrected chi connectivity index (χ2v) is 1.63. The van der Waals surface area contributed by atoms with Crippen molar-refractivity contribution in [3.05, 3.63) is 17.2 Å². The van der Waals surface area contributed by atoms with Gasteiger partial charge in [0.1, 0.15) is 0 Å². The highest BCUT2D eigenvalue weighted by atomic mass is 32.2. The van der Waals surface area contributed by atoms with Crippen molar-refractivity contribution in [1.82, 2.24) is 0 Å². The molecule has 1 heteroatoms. The fourth-order valence-electron chi connectivity index (χ4n) is 0.241. The first-order valence-electron chi connectivity index (χ1n) is 1.53. The van der Waals surface area contributed by atoms with Crippen LogP contribution in [0.4, 0.5) is 0 Å². The van der Waals surface area contributed by atoms with Crippen LogP contribution in [0.3, 0.4) is 0 Å². The molecule has 0 spiro atoms. The maximum Gasteiger partial charge on any atom is 0.0569 e. The molecule has 1 aliphatic heterocycles. The molecule has 0 aromatic heterocycles. The first-order chi connectivity index (χ1) is 2.50. The first-order valence-corrected chi connectivity index (χ1v) is 2.41. The Labute approximate surface area is 36.3 Å². The summed E-state index contributed by atoms with van der Waals surface area (Å²) in [5.41, 5.74) is 0. The van der Waals surface area contributed by atoms with E-state index in [1.54, 1.807) is 11.8 Å². The van der Waals surface area contributed by atoms with Crippen LogP contribution in [-0.4, -0.2) is 0 Å². The number of hydrogen-bond donors (Lipinski definition) is 0. The van der Waals surface area contributed by atoms with Crippen molar-refractivity contribution in [2.24, 2.45) is 0 Å². The predicted molar refractivity (Wildman–Crippen MR) is 24.6 cm³/mol. The van der Waals surface area contributed by atoms with Crippen molar-refractivity contribution in [2.45, 2.75) is 6.42 Å². The Hall–Kier alpha value is 0.0900. The third-order valence-electron chi connectivity index (χ3n) is 0.449. The minimum absolute atomic E-state index is 1.03. The second-order valence-electron chi connectivity index (χ2n) is 0.838. The summed E-state index contributed by atoms with van der Waals surface area (Å²) in [4.78, 5) is 0. The summed E-state index contributed by atoms with van der Waals surface area (Å²) in [7, 11) is 0. The highest BCUT2D eigenvalue weighted by molar-refractivity contribution is 8.04. The zero-order chi connectivity index (χ0) is 3.54. The van der Waals surface area contributed by atoms with Gasteiger partial charge in [0.25, 0.3) is 0 Å². The summed E-state index contributed by atoms with van der Waals surface area (Å²) in [6, 6.07) is 0. The zero-order valence-corrected chi connectivity index (χ0v) is 3.59. The van der Waals surface area contributed by atoms with Crippen LogP contribution in [0.5, 0.6) is 0 Å². The van der Waals surface area contributed by atoms with Crippen molar-refractivity contribution in [1.29, 1.82) is 0 Å². The molecular weight excluding hydrogens is 80.1 g/mol. The van der Waals surface area contributed by atoms with Gasteiger partial charge in [0, 0.05) is 0 Å². The normalized spacial score (nSPS) is 20.8. The van der Waals surface area contributed by atoms with Crippen LogP contribution in [0, 0.1) is 5.75 Å². The molecule has 0 amide bonds. The lowest BCUT2D eigenvalue weighted by Crippen LogP contribution is -1.44. The predicted octanol–water partition coefficient (Wildman–Crippen LogP) is 1.68. The molecule has 0 N–H and O–H groups in total. The summed E-state index contributed by atoms with van der Waals surface area (Å²) >= 11 is 1.64. The summed E-state index contributed by atoms with van der Waals surface area (Å²) in [6.45, 7) is 0. The standard InChI is InChI=1S/C4H4S/c1-2-4-5-3-1/h1,3H,2H2. The molecule has 5 heavy (non-hydrogen) atoms. The molecule has 0 fully saturated rings. The van der Waals surface area contributed by atoms with Crippen LogP contribution in [-0.2, 0) is 0 Å². The van der Waals surface area contributed by atoms with Gasteiger partial charge in [-0.05, 0) is 11.8 Å². The lowest BCUT2D eigenvalue weighted by Gasteiger charge is -1.67. The van der Waals surface area contributed by atoms with E-state index in [0.29, 0.717) is 0 Å². The number of thioether (sulfide) groups is 1. The fraction of sp³-hybridized carbons (Fsp3) is 0.250. The van der Waals surface area contributed by atoms with Gasteiger partial charge in [-0.1, -0.05) is 6.08 Å². The Morgan fingerprint density at radius 2 is 2.80 bits per heavy atom. The highest BCUT2D eigenvalue weighted by Crippen LogP contribution is 2.17. The smallest absolute Gasteiger partial charge is 0.0569 e. The molecule has 1 heterocycles. The van der Waals surface area contributed by atoms with Crippen molar-refractivity contribution in [3.63, 3.8) is 0 Å². The van der Waals surface area contributed by atoms with Crippen LogP contribution in [0.15, 0.2) is 11.5 Å². The van der Waals surface area contributed by atoms with Gasteiger partial charge in [0.05, 0.1) is 5.75 Å². The van der Waals surface area contributed by atoms with Crippen LogP contribution >= 0.6 is 11.8 Å². The monoisotopic (exact) mass is 84.0 g/mol. The zero-order valence-electron chi connectivity index (χ0n) is 2.77. The van der Waals surface area contributed by atoms with Gasteiger partial charge in [0.15, 0.2) is 0 Å². The number of rotatable bonds is 0. The molecule has 0 aromatic carbocycles. The van der Waals surface area contributed by atoms with E-state index in [4.69, 9.17) is 0 Å². The molecule has 0 saturated heterocycles. The van der Waals surface area contributed by atoms with E-state index in [1.807, 2.05) is 5.41 Å². The van der Waals surface area contributed by atoms with E-state index >= 15 is 0 Å². The van der Waals surface area contributed by atoms with E-state index in [2.05, 4.69) is 11.8 Å². The fourth-order valence-corrected chi connectivity index (χ4v) is 0.722. The second kappa shape index (κ2) is 1.51. The minimum atomic E-state index is 1.03. The molecule has 0 aromatic rings. The van der Waals surface area contributed by atoms with Crippen LogP contribution in [0.2, 0.25) is 0 Å². The lowest BCUT2D eigenvalue weighted by molar-refractivity contribution is 1.40. The molecule has 0 unspecified atom stereocenters. The molecule has 0 saturated carbocycles. The average molecular weight is 84.1 g/mol. The minimum Gasteiger partial charge on any atom is -0.124 e. The van der Waals surface area contributed by atoms with Crippen molar-refractivity contribution in [2.75, 3.05) is 0 Å². The Kier molecular flexibility index (Phi) is 0.991. The van der Waals surface area contributed by atoms with Crippen LogP contribution in [0.1, 0.15) is 6.42 Å². The molecule has 1 aliphatic rings. The summed E-state index contributed by atoms with van der Waals surface area (Å²) in [5.74, 6) is 3.03. The number of hydrogen-bond acceptors (Lipinski definition) is 1. The Morgan fingerprint density at radius 1 is 1.80 bits per heavy atom. The van der Waals surface area contributed by atoms with E-state index < -0.39 is 0 Å². The molecule has 26 valence electrons. The van der Waals surface area contributed by atoms with Crippen molar-refractivity contribution in [3.8, 4) is 0 Å². The third-order valence-corrected chi connectivity index (χ3v) is 1.11. The van der Waals surface area contributed by atoms with Gasteiger partial charge >= 0.3 is 0 Å². The average Bonchev–Trinajstić information content (AvgIpc) is 1.76. The highest BCUT2D eigenvalue weighted by Gasteiger charge is 1.87. The maximum absolute atomic E-state index is 3.03. The van der Waals surface area contributed by atoms with Gasteiger partial charge in [0.2, 0.25) is 0 Å². The van der Waals surface area contributed by atoms with E-state index in [0.717, 1.165) is 6.42 Å². The maximum atomic E-state index is 3.03. The molecule has 2 radical (unpaired) electrons. The summed E-state index contributed by atoms with van der Waals surface area (Å²) in [5, 5.41) is 2.04. The van der Waals surface area contributed by atoms with Gasteiger partial charge in [-0.3, -0.25) is 0 Å². The van der Waals surface area contributed by atoms with Crippen molar-refractivity contribution < 1.29 is 0 Å². The topological polar surface area (TPSA) is 0 Å². The first kappa shape index (κ1) is 3.29. The van der Waals surface area contributed by atoms with Gasteiger partial charge < -0.3 is 0 Å². The SMILES string of the molecule is [C]1CC=CS1. The van der Waals surface area contributed by atoms with E-state index in [-0.39, 0.29) is 0 Å². The van der Waals surface area contributed by atoms with Gasteiger partial charge in [-0.2, -0.15) is 0 Å². The summed E-state index contributed by atoms with van der Waals surface area (Å²) in [6.07, 6.45) is 3.12. The molecule has 0 aliphatic carbocycles. The van der Waals surface area contributed by atoms with Crippen LogP contribution < -0.4 is 0 Å². The molecule has 0 nitrogen and oxygen atoms in total. The van der Waals surface area contributed by atoms with E-state index in [1.165, 1.54) is 0 Å². The largest absolute Gasteiger partial charge is 0.124 e. The molecule has 0 bridgehead atoms. The summed E-state index contributed by atoms with van der Waals surface area (Å²) < 4.78 is 0. The lowest BCUT2D eigenvalue weighted by atomic mass is 10.5. The number of allylic oxidation sites excluding steroid dienone is 1. The quantitative estimate of drug-likeness (QED) is 0.430. The molecule has 1 rings (SSSR count). The van der Waals surface area contributed by atoms with Crippen molar-refractivity contribution >= 4 is 11.8 Å². The molecule has 0 atom stereocenters. The van der Waals surface area contributed by atoms with E-state index in [9.17, 15) is 0 Å². The van der Waals surface area contributed by atoms with Gasteiger partial charge in [-0.25, -0.2) is 0 Å².